The lowest BCUT2D eigenvalue weighted by atomic mass is 10.0. The highest BCUT2D eigenvalue weighted by atomic mass is 32.2. The summed E-state index contributed by atoms with van der Waals surface area (Å²) in [4.78, 5) is 14.1. The Morgan fingerprint density at radius 1 is 1.50 bits per heavy atom. The summed E-state index contributed by atoms with van der Waals surface area (Å²) in [6.07, 6.45) is 0.501. The molecule has 2 amide bonds. The molecule has 22 heavy (non-hydrogen) atoms. The molecular weight excluding hydrogens is 303 g/mol. The lowest BCUT2D eigenvalue weighted by Crippen LogP contribution is -2.48. The van der Waals surface area contributed by atoms with Gasteiger partial charge in [-0.25, -0.2) is 9.18 Å². The van der Waals surface area contributed by atoms with E-state index in [0.29, 0.717) is 5.56 Å². The predicted molar refractivity (Wildman–Crippen MR) is 87.6 cm³/mol. The molecule has 1 aliphatic heterocycles. The number of nitrogens with zero attached hydrogens (tertiary/aromatic N) is 1. The van der Waals surface area contributed by atoms with Gasteiger partial charge in [-0.3, -0.25) is 0 Å². The molecule has 1 aromatic carbocycles. The Balaban J connectivity index is 2.01. The van der Waals surface area contributed by atoms with Crippen molar-refractivity contribution in [2.45, 2.75) is 31.5 Å². The number of amides is 2. The van der Waals surface area contributed by atoms with Crippen molar-refractivity contribution in [3.8, 4) is 0 Å². The normalized spacial score (nSPS) is 20.5. The van der Waals surface area contributed by atoms with E-state index in [2.05, 4.69) is 5.32 Å². The van der Waals surface area contributed by atoms with Gasteiger partial charge >= 0.3 is 6.03 Å². The molecule has 0 radical (unpaired) electrons. The highest BCUT2D eigenvalue weighted by Gasteiger charge is 2.28. The monoisotopic (exact) mass is 326 g/mol. The number of carbonyl (C=O) groups is 1. The van der Waals surface area contributed by atoms with Crippen molar-refractivity contribution in [3.63, 3.8) is 0 Å². The van der Waals surface area contributed by atoms with Crippen LogP contribution in [0.3, 0.4) is 0 Å². The zero-order valence-electron chi connectivity index (χ0n) is 13.2. The molecule has 0 spiro atoms. The maximum Gasteiger partial charge on any atom is 0.317 e. The summed E-state index contributed by atoms with van der Waals surface area (Å²) in [7, 11) is 3.33. The first-order valence-corrected chi connectivity index (χ1v) is 8.58. The number of urea groups is 1. The van der Waals surface area contributed by atoms with Gasteiger partial charge in [0.25, 0.3) is 0 Å². The molecule has 0 aromatic heterocycles. The molecule has 6 heteroatoms. The second kappa shape index (κ2) is 7.83. The van der Waals surface area contributed by atoms with Crippen LogP contribution in [-0.2, 0) is 4.74 Å². The number of hydrogen-bond acceptors (Lipinski definition) is 3. The second-order valence-corrected chi connectivity index (χ2v) is 6.69. The van der Waals surface area contributed by atoms with Crippen LogP contribution in [0.25, 0.3) is 0 Å². The molecule has 1 N–H and O–H groups in total. The Labute approximate surface area is 135 Å². The van der Waals surface area contributed by atoms with E-state index in [1.807, 2.05) is 25.7 Å². The third-order valence-electron chi connectivity index (χ3n) is 4.04. The van der Waals surface area contributed by atoms with Crippen LogP contribution in [0.5, 0.6) is 0 Å². The number of hydrogen-bond donors (Lipinski definition) is 1. The minimum atomic E-state index is -0.517. The van der Waals surface area contributed by atoms with Crippen LogP contribution in [0.15, 0.2) is 24.3 Å². The third kappa shape index (κ3) is 3.93. The Bertz CT molecular complexity index is 509. The van der Waals surface area contributed by atoms with Crippen LogP contribution in [0.1, 0.15) is 25.0 Å². The number of halogens is 1. The van der Waals surface area contributed by atoms with Crippen LogP contribution in [0.2, 0.25) is 0 Å². The molecule has 1 fully saturated rings. The number of benzene rings is 1. The first-order valence-electron chi connectivity index (χ1n) is 7.43. The van der Waals surface area contributed by atoms with Gasteiger partial charge < -0.3 is 15.0 Å². The van der Waals surface area contributed by atoms with E-state index in [4.69, 9.17) is 4.74 Å². The molecule has 1 aromatic rings. The molecule has 1 aliphatic rings. The SMILES string of the molecule is CO[C@H](c1ccccc1F)[C@H](C)NC(=O)N(C)[C@@H]1CCSC1. The Hall–Kier alpha value is -1.27. The van der Waals surface area contributed by atoms with Crippen molar-refractivity contribution in [2.24, 2.45) is 0 Å². The first-order chi connectivity index (χ1) is 10.5. The molecule has 0 unspecified atom stereocenters. The fraction of sp³-hybridized carbons (Fsp3) is 0.562. The van der Waals surface area contributed by atoms with E-state index in [0.717, 1.165) is 17.9 Å². The van der Waals surface area contributed by atoms with Gasteiger partial charge in [-0.05, 0) is 25.2 Å². The Morgan fingerprint density at radius 3 is 2.82 bits per heavy atom. The third-order valence-corrected chi connectivity index (χ3v) is 5.19. The number of thioether (sulfide) groups is 1. The quantitative estimate of drug-likeness (QED) is 0.904. The number of methoxy groups -OCH3 is 1. The average molecular weight is 326 g/mol. The fourth-order valence-corrected chi connectivity index (χ4v) is 3.94. The van der Waals surface area contributed by atoms with Gasteiger partial charge in [-0.1, -0.05) is 18.2 Å². The minimum Gasteiger partial charge on any atom is -0.375 e. The molecular formula is C16H23FN2O2S. The smallest absolute Gasteiger partial charge is 0.317 e. The zero-order chi connectivity index (χ0) is 16.1. The molecule has 1 heterocycles. The summed E-state index contributed by atoms with van der Waals surface area (Å²) < 4.78 is 19.3. The van der Waals surface area contributed by atoms with E-state index in [-0.39, 0.29) is 23.9 Å². The van der Waals surface area contributed by atoms with E-state index < -0.39 is 6.10 Å². The maximum absolute atomic E-state index is 13.9. The number of nitrogens with one attached hydrogen (secondary N) is 1. The Morgan fingerprint density at radius 2 is 2.23 bits per heavy atom. The summed E-state index contributed by atoms with van der Waals surface area (Å²) in [5.74, 6) is 1.74. The molecule has 0 aliphatic carbocycles. The lowest BCUT2D eigenvalue weighted by molar-refractivity contribution is 0.0706. The van der Waals surface area contributed by atoms with E-state index in [1.165, 1.54) is 13.2 Å². The summed E-state index contributed by atoms with van der Waals surface area (Å²) in [5.41, 5.74) is 0.455. The molecule has 122 valence electrons. The first kappa shape index (κ1) is 17.1. The largest absolute Gasteiger partial charge is 0.375 e. The van der Waals surface area contributed by atoms with E-state index in [9.17, 15) is 9.18 Å². The number of ether oxygens (including phenoxy) is 1. The fourth-order valence-electron chi connectivity index (χ4n) is 2.67. The average Bonchev–Trinajstić information content (AvgIpc) is 3.03. The molecule has 1 saturated heterocycles. The van der Waals surface area contributed by atoms with Gasteiger partial charge in [0.1, 0.15) is 11.9 Å². The van der Waals surface area contributed by atoms with Crippen LogP contribution in [-0.4, -0.2) is 48.7 Å². The maximum atomic E-state index is 13.9. The van der Waals surface area contributed by atoms with Crippen molar-refractivity contribution in [3.05, 3.63) is 35.6 Å². The molecule has 4 nitrogen and oxygen atoms in total. The Kier molecular flexibility index (Phi) is 6.08. The van der Waals surface area contributed by atoms with Crippen molar-refractivity contribution >= 4 is 17.8 Å². The number of carbonyl (C=O) groups excluding carboxylic acids is 1. The van der Waals surface area contributed by atoms with Crippen LogP contribution < -0.4 is 5.32 Å². The molecule has 2 rings (SSSR count). The van der Waals surface area contributed by atoms with Crippen LogP contribution >= 0.6 is 11.8 Å². The number of rotatable bonds is 5. The standard InChI is InChI=1S/C16H23FN2O2S/c1-11(15(21-3)13-6-4-5-7-14(13)17)18-16(20)19(2)12-8-9-22-10-12/h4-7,11-12,15H,8-10H2,1-3H3,(H,18,20)/t11-,12+,15-/m0/s1. The van der Waals surface area contributed by atoms with Gasteiger partial charge in [-0.15, -0.1) is 0 Å². The highest BCUT2D eigenvalue weighted by molar-refractivity contribution is 7.99. The molecule has 0 saturated carbocycles. The zero-order valence-corrected chi connectivity index (χ0v) is 14.0. The predicted octanol–water partition coefficient (Wildman–Crippen LogP) is 3.05. The summed E-state index contributed by atoms with van der Waals surface area (Å²) >= 11 is 1.86. The van der Waals surface area contributed by atoms with Crippen molar-refractivity contribution in [1.82, 2.24) is 10.2 Å². The van der Waals surface area contributed by atoms with Gasteiger partial charge in [0, 0.05) is 31.5 Å². The topological polar surface area (TPSA) is 41.6 Å². The second-order valence-electron chi connectivity index (χ2n) is 5.54. The van der Waals surface area contributed by atoms with E-state index in [1.54, 1.807) is 23.1 Å². The lowest BCUT2D eigenvalue weighted by Gasteiger charge is -2.29. The van der Waals surface area contributed by atoms with Gasteiger partial charge in [-0.2, -0.15) is 11.8 Å². The van der Waals surface area contributed by atoms with Gasteiger partial charge in [0.15, 0.2) is 0 Å². The van der Waals surface area contributed by atoms with Crippen molar-refractivity contribution in [2.75, 3.05) is 25.7 Å². The minimum absolute atomic E-state index is 0.140. The highest BCUT2D eigenvalue weighted by Crippen LogP contribution is 2.24. The van der Waals surface area contributed by atoms with Crippen molar-refractivity contribution in [1.29, 1.82) is 0 Å². The summed E-state index contributed by atoms with van der Waals surface area (Å²) in [6, 6.07) is 6.29. The molecule has 3 atom stereocenters. The van der Waals surface area contributed by atoms with Crippen LogP contribution in [0.4, 0.5) is 9.18 Å². The summed E-state index contributed by atoms with van der Waals surface area (Å²) in [5, 5.41) is 2.92. The summed E-state index contributed by atoms with van der Waals surface area (Å²) in [6.45, 7) is 1.83. The molecule has 0 bridgehead atoms. The van der Waals surface area contributed by atoms with E-state index >= 15 is 0 Å². The van der Waals surface area contributed by atoms with Crippen molar-refractivity contribution < 1.29 is 13.9 Å². The van der Waals surface area contributed by atoms with Gasteiger partial charge in [0.2, 0.25) is 0 Å². The van der Waals surface area contributed by atoms with Crippen LogP contribution in [0, 0.1) is 5.82 Å². The van der Waals surface area contributed by atoms with Gasteiger partial charge in [0.05, 0.1) is 6.04 Å².